The number of anilines is 1. The van der Waals surface area contributed by atoms with E-state index in [1.807, 2.05) is 0 Å². The molecule has 0 saturated carbocycles. The molecule has 0 unspecified atom stereocenters. The Bertz CT molecular complexity index is 367. The second-order valence-corrected chi connectivity index (χ2v) is 6.36. The van der Waals surface area contributed by atoms with Gasteiger partial charge in [0.15, 0.2) is 0 Å². The lowest BCUT2D eigenvalue weighted by atomic mass is 10.2. The lowest BCUT2D eigenvalue weighted by molar-refractivity contribution is -0.117. The second-order valence-electron chi connectivity index (χ2n) is 3.52. The van der Waals surface area contributed by atoms with Crippen LogP contribution >= 0.6 is 31.9 Å². The summed E-state index contributed by atoms with van der Waals surface area (Å²) in [7, 11) is 0. The van der Waals surface area contributed by atoms with Gasteiger partial charge in [0, 0.05) is 4.47 Å². The van der Waals surface area contributed by atoms with Crippen LogP contribution in [0.4, 0.5) is 10.1 Å². The van der Waals surface area contributed by atoms with Gasteiger partial charge in [-0.3, -0.25) is 4.79 Å². The maximum absolute atomic E-state index is 13.3. The highest BCUT2D eigenvalue weighted by Gasteiger charge is 2.25. The van der Waals surface area contributed by atoms with Crippen molar-refractivity contribution in [3.05, 3.63) is 28.5 Å². The first-order valence-corrected chi connectivity index (χ1v) is 5.85. The molecule has 0 spiro atoms. The maximum Gasteiger partial charge on any atom is 0.240 e. The van der Waals surface area contributed by atoms with Crippen molar-refractivity contribution in [2.75, 3.05) is 5.32 Å². The molecule has 5 heteroatoms. The molecule has 1 amide bonds. The molecule has 0 fully saturated rings. The minimum atomic E-state index is -0.727. The van der Waals surface area contributed by atoms with Crippen LogP contribution in [0.25, 0.3) is 0 Å². The second kappa shape index (κ2) is 4.61. The van der Waals surface area contributed by atoms with Gasteiger partial charge in [0.25, 0.3) is 0 Å². The van der Waals surface area contributed by atoms with Crippen LogP contribution in [0.2, 0.25) is 0 Å². The van der Waals surface area contributed by atoms with E-state index in [-0.39, 0.29) is 11.6 Å². The number of rotatable bonds is 2. The van der Waals surface area contributed by atoms with E-state index in [4.69, 9.17) is 0 Å². The number of carbonyl (C=O) groups is 1. The Labute approximate surface area is 105 Å². The van der Waals surface area contributed by atoms with E-state index in [1.165, 1.54) is 6.07 Å². The predicted octanol–water partition coefficient (Wildman–Crippen LogP) is 3.70. The maximum atomic E-state index is 13.3. The van der Waals surface area contributed by atoms with Crippen molar-refractivity contribution < 1.29 is 9.18 Å². The number of carbonyl (C=O) groups excluding carboxylic acids is 1. The highest BCUT2D eigenvalue weighted by atomic mass is 79.9. The van der Waals surface area contributed by atoms with Crippen LogP contribution in [0.3, 0.4) is 0 Å². The molecule has 0 heterocycles. The van der Waals surface area contributed by atoms with E-state index in [0.717, 1.165) is 0 Å². The van der Waals surface area contributed by atoms with Gasteiger partial charge in [-0.15, -0.1) is 0 Å². The predicted molar refractivity (Wildman–Crippen MR) is 65.7 cm³/mol. The molecule has 0 aliphatic carbocycles. The molecule has 1 N–H and O–H groups in total. The summed E-state index contributed by atoms with van der Waals surface area (Å²) in [6, 6.07) is 4.52. The lowest BCUT2D eigenvalue weighted by Gasteiger charge is -2.16. The van der Waals surface area contributed by atoms with Crippen molar-refractivity contribution in [1.82, 2.24) is 0 Å². The Kier molecular flexibility index (Phi) is 3.89. The smallest absolute Gasteiger partial charge is 0.240 e. The SMILES string of the molecule is CC(C)(Br)C(=O)Nc1c(F)cccc1Br. The van der Waals surface area contributed by atoms with Crippen LogP contribution in [0.15, 0.2) is 22.7 Å². The van der Waals surface area contributed by atoms with E-state index in [0.29, 0.717) is 4.47 Å². The summed E-state index contributed by atoms with van der Waals surface area (Å²) in [5.74, 6) is -0.761. The Morgan fingerprint density at radius 3 is 2.53 bits per heavy atom. The first-order chi connectivity index (χ1) is 6.82. The van der Waals surface area contributed by atoms with Gasteiger partial charge in [-0.05, 0) is 41.9 Å². The van der Waals surface area contributed by atoms with Gasteiger partial charge >= 0.3 is 0 Å². The number of amides is 1. The van der Waals surface area contributed by atoms with Gasteiger partial charge in [-0.2, -0.15) is 0 Å². The number of para-hydroxylation sites is 1. The largest absolute Gasteiger partial charge is 0.321 e. The molecule has 82 valence electrons. The van der Waals surface area contributed by atoms with Crippen molar-refractivity contribution >= 4 is 43.5 Å². The van der Waals surface area contributed by atoms with Gasteiger partial charge in [0.2, 0.25) is 5.91 Å². The van der Waals surface area contributed by atoms with Crippen molar-refractivity contribution in [3.8, 4) is 0 Å². The molecule has 2 nitrogen and oxygen atoms in total. The third-order valence-corrected chi connectivity index (χ3v) is 2.76. The van der Waals surface area contributed by atoms with Gasteiger partial charge in [-0.1, -0.05) is 22.0 Å². The summed E-state index contributed by atoms with van der Waals surface area (Å²) in [4.78, 5) is 11.6. The van der Waals surface area contributed by atoms with Gasteiger partial charge in [-0.25, -0.2) is 4.39 Å². The number of hydrogen-bond donors (Lipinski definition) is 1. The van der Waals surface area contributed by atoms with Gasteiger partial charge in [0.05, 0.1) is 10.0 Å². The van der Waals surface area contributed by atoms with E-state index >= 15 is 0 Å². The average molecular weight is 339 g/mol. The molecule has 0 bridgehead atoms. The molecular formula is C10H10Br2FNO. The summed E-state index contributed by atoms with van der Waals surface area (Å²) < 4.78 is 13.1. The third-order valence-electron chi connectivity index (χ3n) is 1.74. The molecule has 15 heavy (non-hydrogen) atoms. The van der Waals surface area contributed by atoms with Crippen LogP contribution in [0.5, 0.6) is 0 Å². The zero-order chi connectivity index (χ0) is 11.6. The Hall–Kier alpha value is -0.420. The standard InChI is InChI=1S/C10H10Br2FNO/c1-10(2,12)9(15)14-8-6(11)4-3-5-7(8)13/h3-5H,1-2H3,(H,14,15). The summed E-state index contributed by atoms with van der Waals surface area (Å²) >= 11 is 6.37. The molecular weight excluding hydrogens is 329 g/mol. The van der Waals surface area contributed by atoms with E-state index in [2.05, 4.69) is 37.2 Å². The summed E-state index contributed by atoms with van der Waals surface area (Å²) in [5.41, 5.74) is 0.162. The fourth-order valence-corrected chi connectivity index (χ4v) is 1.42. The molecule has 1 rings (SSSR count). The Balaban J connectivity index is 2.95. The normalized spacial score (nSPS) is 11.3. The summed E-state index contributed by atoms with van der Waals surface area (Å²) in [5, 5.41) is 2.51. The fourth-order valence-electron chi connectivity index (χ4n) is 0.879. The van der Waals surface area contributed by atoms with Crippen molar-refractivity contribution in [2.45, 2.75) is 18.2 Å². The summed E-state index contributed by atoms with van der Waals surface area (Å²) in [6.07, 6.45) is 0. The number of halogens is 3. The van der Waals surface area contributed by atoms with Gasteiger partial charge < -0.3 is 5.32 Å². The van der Waals surface area contributed by atoms with E-state index in [1.54, 1.807) is 26.0 Å². The van der Waals surface area contributed by atoms with E-state index < -0.39 is 10.1 Å². The van der Waals surface area contributed by atoms with Crippen LogP contribution in [0.1, 0.15) is 13.8 Å². The van der Waals surface area contributed by atoms with Crippen LogP contribution in [-0.4, -0.2) is 10.2 Å². The van der Waals surface area contributed by atoms with Crippen molar-refractivity contribution in [2.24, 2.45) is 0 Å². The third kappa shape index (κ3) is 3.28. The highest BCUT2D eigenvalue weighted by Crippen LogP contribution is 2.27. The minimum Gasteiger partial charge on any atom is -0.321 e. The molecule has 0 radical (unpaired) electrons. The average Bonchev–Trinajstić information content (AvgIpc) is 2.09. The first-order valence-electron chi connectivity index (χ1n) is 4.27. The molecule has 0 aromatic heterocycles. The minimum absolute atomic E-state index is 0.162. The van der Waals surface area contributed by atoms with Crippen molar-refractivity contribution in [1.29, 1.82) is 0 Å². The van der Waals surface area contributed by atoms with Crippen molar-refractivity contribution in [3.63, 3.8) is 0 Å². The lowest BCUT2D eigenvalue weighted by Crippen LogP contribution is -2.31. The van der Waals surface area contributed by atoms with Crippen LogP contribution in [0, 0.1) is 5.82 Å². The Morgan fingerprint density at radius 1 is 1.47 bits per heavy atom. The first kappa shape index (κ1) is 12.6. The zero-order valence-corrected chi connectivity index (χ0v) is 11.4. The van der Waals surface area contributed by atoms with Crippen LogP contribution < -0.4 is 5.32 Å². The monoisotopic (exact) mass is 337 g/mol. The summed E-state index contributed by atoms with van der Waals surface area (Å²) in [6.45, 7) is 3.38. The molecule has 1 aromatic rings. The number of nitrogens with one attached hydrogen (secondary N) is 1. The molecule has 0 atom stereocenters. The molecule has 1 aromatic carbocycles. The topological polar surface area (TPSA) is 29.1 Å². The highest BCUT2D eigenvalue weighted by molar-refractivity contribution is 9.10. The quantitative estimate of drug-likeness (QED) is 0.818. The molecule has 0 aliphatic heterocycles. The van der Waals surface area contributed by atoms with Gasteiger partial charge in [0.1, 0.15) is 5.82 Å². The number of benzene rings is 1. The molecule has 0 aliphatic rings. The number of alkyl halides is 1. The van der Waals surface area contributed by atoms with E-state index in [9.17, 15) is 9.18 Å². The fraction of sp³-hybridized carbons (Fsp3) is 0.300. The zero-order valence-electron chi connectivity index (χ0n) is 8.27. The number of hydrogen-bond acceptors (Lipinski definition) is 1. The molecule has 0 saturated heterocycles. The van der Waals surface area contributed by atoms with Crippen LogP contribution in [-0.2, 0) is 4.79 Å². The Morgan fingerprint density at radius 2 is 2.07 bits per heavy atom.